The second-order valence-electron chi connectivity index (χ2n) is 19.4. The van der Waals surface area contributed by atoms with E-state index in [4.69, 9.17) is 18.9 Å². The summed E-state index contributed by atoms with van der Waals surface area (Å²) in [6.07, 6.45) is 3.77. The third kappa shape index (κ3) is 21.7. The highest BCUT2D eigenvalue weighted by atomic mass is 16.5. The highest BCUT2D eigenvalue weighted by Crippen LogP contribution is 2.22. The molecule has 10 N–H and O–H groups in total. The van der Waals surface area contributed by atoms with E-state index in [2.05, 4.69) is 103 Å². The van der Waals surface area contributed by atoms with Gasteiger partial charge in [0.05, 0.1) is 65.9 Å². The first-order chi connectivity index (χ1) is 38.4. The van der Waals surface area contributed by atoms with E-state index in [-0.39, 0.29) is 38.0 Å². The molecule has 4 aliphatic rings. The Kier molecular flexibility index (Phi) is 24.4. The highest BCUT2D eigenvalue weighted by Gasteiger charge is 2.16. The lowest BCUT2D eigenvalue weighted by Crippen LogP contribution is -2.38. The van der Waals surface area contributed by atoms with Crippen LogP contribution in [0.15, 0.2) is 48.5 Å². The number of amides is 2. The molecule has 2 aromatic heterocycles. The van der Waals surface area contributed by atoms with Crippen molar-refractivity contribution in [1.82, 2.24) is 60.1 Å². The lowest BCUT2D eigenvalue weighted by molar-refractivity contribution is -0.121. The Hall–Kier alpha value is -6.52. The molecule has 26 heteroatoms. The molecule has 6 heterocycles. The summed E-state index contributed by atoms with van der Waals surface area (Å²) in [6, 6.07) is 15.1. The zero-order chi connectivity index (χ0) is 53.7. The third-order valence-electron chi connectivity index (χ3n) is 13.3. The predicted molar refractivity (Wildman–Crippen MR) is 304 cm³/mol. The van der Waals surface area contributed by atoms with Crippen LogP contribution >= 0.6 is 0 Å². The van der Waals surface area contributed by atoms with Crippen molar-refractivity contribution in [3.63, 3.8) is 0 Å². The molecule has 4 fully saturated rings. The molecule has 0 aliphatic carbocycles. The van der Waals surface area contributed by atoms with Gasteiger partial charge in [0, 0.05) is 114 Å². The largest absolute Gasteiger partial charge is 0.379 e. The van der Waals surface area contributed by atoms with Gasteiger partial charge in [0.15, 0.2) is 0 Å². The van der Waals surface area contributed by atoms with E-state index in [0.717, 1.165) is 180 Å². The van der Waals surface area contributed by atoms with Gasteiger partial charge in [-0.3, -0.25) is 29.2 Å². The molecule has 426 valence electrons. The van der Waals surface area contributed by atoms with E-state index in [9.17, 15) is 9.59 Å². The van der Waals surface area contributed by atoms with Crippen LogP contribution in [-0.2, 0) is 28.5 Å². The number of carbonyl (C=O) groups excluding carboxylic acids is 2. The molecule has 0 atom stereocenters. The summed E-state index contributed by atoms with van der Waals surface area (Å²) in [7, 11) is 0. The van der Waals surface area contributed by atoms with E-state index < -0.39 is 0 Å². The van der Waals surface area contributed by atoms with Gasteiger partial charge in [-0.05, 0) is 88.3 Å². The second kappa shape index (κ2) is 33.0. The van der Waals surface area contributed by atoms with Crippen LogP contribution in [0.3, 0.4) is 0 Å². The SMILES string of the molecule is O=C(CNc1cccc(Nc2nc(NCCCN3CCOCC3)nc(NCCCN3CCOCC3)n2)c1)NCCNC(=O)CNc1cccc(Nc2nc(NCCCN3CCOCC3)nc(NCCCN3CCOCC3)n2)c1. The molecule has 26 nitrogen and oxygen atoms in total. The standard InChI is InChI=1S/C52H82N20O6/c73-45(39-59-41-7-1-9-43(37-41)61-51-65-47(55-11-3-17-69-21-29-75-30-22-69)63-48(66-51)56-12-4-18-70-23-31-76-32-24-70)53-15-16-54-46(74)40-60-42-8-2-10-44(38-42)62-52-67-49(57-13-5-19-71-25-33-77-34-26-71)64-50(68-52)58-14-6-20-72-27-35-78-36-28-72/h1-2,7-10,37-38,59-60H,3-6,11-36,39-40H2,(H,53,73)(H,54,74)(H3,55,56,61,63,65,66)(H3,57,58,62,64,67,68). The van der Waals surface area contributed by atoms with Gasteiger partial charge in [-0.1, -0.05) is 12.1 Å². The molecule has 78 heavy (non-hydrogen) atoms. The minimum atomic E-state index is -0.215. The van der Waals surface area contributed by atoms with E-state index >= 15 is 0 Å². The maximum absolute atomic E-state index is 12.8. The van der Waals surface area contributed by atoms with Gasteiger partial charge in [-0.2, -0.15) is 29.9 Å². The van der Waals surface area contributed by atoms with Crippen molar-refractivity contribution in [3.8, 4) is 0 Å². The summed E-state index contributed by atoms with van der Waals surface area (Å²) in [4.78, 5) is 63.4. The number of anilines is 10. The van der Waals surface area contributed by atoms with Crippen LogP contribution in [-0.4, -0.2) is 245 Å². The zero-order valence-corrected chi connectivity index (χ0v) is 45.2. The number of benzene rings is 2. The molecule has 2 aromatic carbocycles. The van der Waals surface area contributed by atoms with Gasteiger partial charge < -0.3 is 72.1 Å². The molecule has 0 radical (unpaired) electrons. The molecular formula is C52H82N20O6. The summed E-state index contributed by atoms with van der Waals surface area (Å²) < 4.78 is 22.0. The number of aromatic nitrogens is 6. The van der Waals surface area contributed by atoms with Crippen molar-refractivity contribution in [3.05, 3.63) is 48.5 Å². The monoisotopic (exact) mass is 1080 g/mol. The number of nitrogens with one attached hydrogen (secondary N) is 10. The number of morpholine rings is 4. The van der Waals surface area contributed by atoms with E-state index in [0.29, 0.717) is 61.9 Å². The van der Waals surface area contributed by atoms with Crippen LogP contribution in [0.4, 0.5) is 58.4 Å². The van der Waals surface area contributed by atoms with E-state index in [1.807, 2.05) is 48.5 Å². The second-order valence-corrected chi connectivity index (χ2v) is 19.4. The Bertz CT molecular complexity index is 2140. The Morgan fingerprint density at radius 2 is 0.654 bits per heavy atom. The first-order valence-electron chi connectivity index (χ1n) is 27.9. The van der Waals surface area contributed by atoms with Gasteiger partial charge in [0.2, 0.25) is 47.5 Å². The lowest BCUT2D eigenvalue weighted by Gasteiger charge is -2.26. The van der Waals surface area contributed by atoms with E-state index in [1.165, 1.54) is 0 Å². The molecule has 4 aromatic rings. The van der Waals surface area contributed by atoms with Crippen LogP contribution in [0.1, 0.15) is 25.7 Å². The highest BCUT2D eigenvalue weighted by molar-refractivity contribution is 5.82. The van der Waals surface area contributed by atoms with Crippen molar-refractivity contribution in [2.75, 3.05) is 226 Å². The first-order valence-corrected chi connectivity index (χ1v) is 27.9. The van der Waals surface area contributed by atoms with Gasteiger partial charge in [0.25, 0.3) is 0 Å². The average molecular weight is 1080 g/mol. The van der Waals surface area contributed by atoms with Gasteiger partial charge in [0.1, 0.15) is 0 Å². The van der Waals surface area contributed by atoms with Crippen molar-refractivity contribution in [2.24, 2.45) is 0 Å². The summed E-state index contributed by atoms with van der Waals surface area (Å²) in [5, 5.41) is 32.3. The normalized spacial score (nSPS) is 16.7. The first kappa shape index (κ1) is 57.6. The zero-order valence-electron chi connectivity index (χ0n) is 45.2. The Morgan fingerprint density at radius 1 is 0.372 bits per heavy atom. The van der Waals surface area contributed by atoms with Gasteiger partial charge in [-0.15, -0.1) is 0 Å². The maximum Gasteiger partial charge on any atom is 0.239 e. The summed E-state index contributed by atoms with van der Waals surface area (Å²) >= 11 is 0. The molecule has 2 amide bonds. The number of hydrogen-bond acceptors (Lipinski definition) is 24. The van der Waals surface area contributed by atoms with Crippen molar-refractivity contribution < 1.29 is 28.5 Å². The van der Waals surface area contributed by atoms with Gasteiger partial charge >= 0.3 is 0 Å². The molecule has 0 unspecified atom stereocenters. The number of ether oxygens (including phenoxy) is 4. The van der Waals surface area contributed by atoms with Crippen molar-refractivity contribution in [2.45, 2.75) is 25.7 Å². The average Bonchev–Trinajstić information content (AvgIpc) is 3.48. The summed E-state index contributed by atoms with van der Waals surface area (Å²) in [5.41, 5.74) is 2.95. The molecule has 4 aliphatic heterocycles. The fraction of sp³-hybridized carbons (Fsp3) is 0.615. The smallest absolute Gasteiger partial charge is 0.239 e. The Labute approximate surface area is 458 Å². The van der Waals surface area contributed by atoms with Crippen LogP contribution in [0.5, 0.6) is 0 Å². The van der Waals surface area contributed by atoms with Crippen molar-refractivity contribution >= 4 is 70.3 Å². The third-order valence-corrected chi connectivity index (χ3v) is 13.3. The molecule has 4 saturated heterocycles. The fourth-order valence-corrected chi connectivity index (χ4v) is 9.06. The molecular weight excluding hydrogens is 1000 g/mol. The minimum absolute atomic E-state index is 0.0387. The molecule has 0 bridgehead atoms. The van der Waals surface area contributed by atoms with Crippen LogP contribution in [0.2, 0.25) is 0 Å². The molecule has 8 rings (SSSR count). The van der Waals surface area contributed by atoms with E-state index in [1.54, 1.807) is 0 Å². The van der Waals surface area contributed by atoms with Gasteiger partial charge in [-0.25, -0.2) is 0 Å². The molecule has 0 spiro atoms. The number of nitrogens with zero attached hydrogens (tertiary/aromatic N) is 10. The number of hydrogen-bond donors (Lipinski definition) is 10. The summed E-state index contributed by atoms with van der Waals surface area (Å²) in [5.74, 6) is 2.31. The predicted octanol–water partition coefficient (Wildman–Crippen LogP) is 1.84. The van der Waals surface area contributed by atoms with Crippen LogP contribution in [0.25, 0.3) is 0 Å². The Balaban J connectivity index is 0.743. The topological polar surface area (TPSA) is 282 Å². The van der Waals surface area contributed by atoms with Crippen molar-refractivity contribution in [1.29, 1.82) is 0 Å². The lowest BCUT2D eigenvalue weighted by atomic mass is 10.2. The maximum atomic E-state index is 12.8. The molecule has 0 saturated carbocycles. The quantitative estimate of drug-likeness (QED) is 0.0305. The fourth-order valence-electron chi connectivity index (χ4n) is 9.06. The number of rotatable bonds is 33. The summed E-state index contributed by atoms with van der Waals surface area (Å²) in [6.45, 7) is 21.2. The van der Waals surface area contributed by atoms with Crippen LogP contribution < -0.4 is 53.2 Å². The number of carbonyl (C=O) groups is 2. The Morgan fingerprint density at radius 3 is 0.962 bits per heavy atom. The minimum Gasteiger partial charge on any atom is -0.379 e. The van der Waals surface area contributed by atoms with Crippen LogP contribution in [0, 0.1) is 0 Å².